The number of hydrogen-bond donors (Lipinski definition) is 1. The monoisotopic (exact) mass is 261 g/mol. The van der Waals surface area contributed by atoms with Gasteiger partial charge in [-0.3, -0.25) is 0 Å². The van der Waals surface area contributed by atoms with Crippen LogP contribution in [0.5, 0.6) is 0 Å². The molecule has 1 aliphatic rings. The molecule has 1 atom stereocenters. The number of para-hydroxylation sites is 1. The van der Waals surface area contributed by atoms with Gasteiger partial charge in [-0.05, 0) is 43.4 Å². The first-order valence-corrected chi connectivity index (χ1v) is 7.45. The van der Waals surface area contributed by atoms with Crippen molar-refractivity contribution >= 4 is 10.9 Å². The number of aryl methyl sites for hydroxylation is 1. The van der Waals surface area contributed by atoms with E-state index in [1.807, 2.05) is 0 Å². The fourth-order valence-electron chi connectivity index (χ4n) is 3.77. The van der Waals surface area contributed by atoms with Crippen LogP contribution in [-0.2, 0) is 11.8 Å². The van der Waals surface area contributed by atoms with Gasteiger partial charge in [-0.1, -0.05) is 48.5 Å². The molecule has 1 nitrogen and oxygen atoms in total. The maximum absolute atomic E-state index is 3.71. The smallest absolute Gasteiger partial charge is 0.0459 e. The second-order valence-electron chi connectivity index (χ2n) is 6.08. The van der Waals surface area contributed by atoms with Crippen molar-refractivity contribution in [3.63, 3.8) is 0 Å². The van der Waals surface area contributed by atoms with Gasteiger partial charge in [-0.15, -0.1) is 0 Å². The molecule has 1 aromatic heterocycles. The number of hydrogen-bond acceptors (Lipinski definition) is 0. The SMILES string of the molecule is C[C@@]1(c2ccccc2)CCCc2c1[nH]c1ccccc21. The average Bonchev–Trinajstić information content (AvgIpc) is 2.89. The molecule has 0 aliphatic heterocycles. The molecule has 1 aliphatic carbocycles. The molecule has 1 heterocycles. The van der Waals surface area contributed by atoms with Gasteiger partial charge < -0.3 is 4.98 Å². The van der Waals surface area contributed by atoms with Crippen LogP contribution in [0.4, 0.5) is 0 Å². The summed E-state index contributed by atoms with van der Waals surface area (Å²) in [6, 6.07) is 19.6. The predicted octanol–water partition coefficient (Wildman–Crippen LogP) is 4.81. The molecular weight excluding hydrogens is 242 g/mol. The first kappa shape index (κ1) is 11.8. The summed E-state index contributed by atoms with van der Waals surface area (Å²) in [7, 11) is 0. The van der Waals surface area contributed by atoms with Gasteiger partial charge in [0.05, 0.1) is 0 Å². The molecule has 0 saturated carbocycles. The van der Waals surface area contributed by atoms with Gasteiger partial charge in [0.2, 0.25) is 0 Å². The van der Waals surface area contributed by atoms with Crippen LogP contribution in [-0.4, -0.2) is 4.98 Å². The molecule has 0 unspecified atom stereocenters. The fourth-order valence-corrected chi connectivity index (χ4v) is 3.77. The molecule has 1 heteroatoms. The van der Waals surface area contributed by atoms with Crippen LogP contribution >= 0.6 is 0 Å². The van der Waals surface area contributed by atoms with Crippen LogP contribution in [0, 0.1) is 0 Å². The molecule has 0 bridgehead atoms. The molecule has 20 heavy (non-hydrogen) atoms. The zero-order valence-electron chi connectivity index (χ0n) is 11.8. The van der Waals surface area contributed by atoms with Crippen LogP contribution in [0.2, 0.25) is 0 Å². The van der Waals surface area contributed by atoms with Crippen molar-refractivity contribution in [3.05, 3.63) is 71.4 Å². The number of rotatable bonds is 1. The Bertz CT molecular complexity index is 754. The van der Waals surface area contributed by atoms with E-state index in [4.69, 9.17) is 0 Å². The van der Waals surface area contributed by atoms with Crippen LogP contribution in [0.1, 0.15) is 36.6 Å². The van der Waals surface area contributed by atoms with Crippen LogP contribution in [0.15, 0.2) is 54.6 Å². The largest absolute Gasteiger partial charge is 0.357 e. The first-order chi connectivity index (χ1) is 9.79. The van der Waals surface area contributed by atoms with E-state index in [0.717, 1.165) is 0 Å². The molecule has 0 fully saturated rings. The van der Waals surface area contributed by atoms with E-state index < -0.39 is 0 Å². The lowest BCUT2D eigenvalue weighted by Gasteiger charge is -2.34. The van der Waals surface area contributed by atoms with Crippen LogP contribution in [0.3, 0.4) is 0 Å². The van der Waals surface area contributed by atoms with Gasteiger partial charge in [0.1, 0.15) is 0 Å². The van der Waals surface area contributed by atoms with Crippen molar-refractivity contribution in [1.82, 2.24) is 4.98 Å². The maximum Gasteiger partial charge on any atom is 0.0459 e. The average molecular weight is 261 g/mol. The lowest BCUT2D eigenvalue weighted by Crippen LogP contribution is -2.28. The summed E-state index contributed by atoms with van der Waals surface area (Å²) in [6.07, 6.45) is 3.68. The predicted molar refractivity (Wildman–Crippen MR) is 84.1 cm³/mol. The minimum Gasteiger partial charge on any atom is -0.357 e. The van der Waals surface area contributed by atoms with Crippen molar-refractivity contribution in [2.24, 2.45) is 0 Å². The third kappa shape index (κ3) is 1.56. The number of aromatic amines is 1. The summed E-state index contributed by atoms with van der Waals surface area (Å²) in [5, 5.41) is 1.41. The van der Waals surface area contributed by atoms with Crippen molar-refractivity contribution in [1.29, 1.82) is 0 Å². The van der Waals surface area contributed by atoms with E-state index >= 15 is 0 Å². The van der Waals surface area contributed by atoms with Gasteiger partial charge in [-0.2, -0.15) is 0 Å². The molecular formula is C19H19N. The molecule has 100 valence electrons. The quantitative estimate of drug-likeness (QED) is 0.647. The lowest BCUT2D eigenvalue weighted by atomic mass is 9.70. The van der Waals surface area contributed by atoms with E-state index in [-0.39, 0.29) is 5.41 Å². The Kier molecular flexibility index (Phi) is 2.50. The Morgan fingerprint density at radius 1 is 0.950 bits per heavy atom. The van der Waals surface area contributed by atoms with Crippen molar-refractivity contribution in [2.45, 2.75) is 31.6 Å². The zero-order chi connectivity index (χ0) is 13.6. The number of H-pyrrole nitrogens is 1. The molecule has 0 saturated heterocycles. The molecule has 2 aromatic carbocycles. The highest BCUT2D eigenvalue weighted by Crippen LogP contribution is 2.44. The fraction of sp³-hybridized carbons (Fsp3) is 0.263. The van der Waals surface area contributed by atoms with Crippen LogP contribution < -0.4 is 0 Å². The minimum absolute atomic E-state index is 0.119. The normalized spacial score (nSPS) is 21.9. The molecule has 4 rings (SSSR count). The summed E-state index contributed by atoms with van der Waals surface area (Å²) in [4.78, 5) is 3.71. The van der Waals surface area contributed by atoms with E-state index in [2.05, 4.69) is 66.5 Å². The van der Waals surface area contributed by atoms with Gasteiger partial charge in [0.15, 0.2) is 0 Å². The third-order valence-corrected chi connectivity index (χ3v) is 4.88. The summed E-state index contributed by atoms with van der Waals surface area (Å²) >= 11 is 0. The van der Waals surface area contributed by atoms with Gasteiger partial charge in [-0.25, -0.2) is 0 Å². The van der Waals surface area contributed by atoms with Gasteiger partial charge >= 0.3 is 0 Å². The molecule has 0 amide bonds. The molecule has 0 spiro atoms. The third-order valence-electron chi connectivity index (χ3n) is 4.88. The highest BCUT2D eigenvalue weighted by Gasteiger charge is 2.35. The van der Waals surface area contributed by atoms with Gasteiger partial charge in [0.25, 0.3) is 0 Å². The number of fused-ring (bicyclic) bond motifs is 3. The highest BCUT2D eigenvalue weighted by atomic mass is 14.8. The molecule has 1 N–H and O–H groups in total. The lowest BCUT2D eigenvalue weighted by molar-refractivity contribution is 0.457. The Labute approximate surface area is 119 Å². The second kappa shape index (κ2) is 4.24. The summed E-state index contributed by atoms with van der Waals surface area (Å²) in [5.74, 6) is 0. The van der Waals surface area contributed by atoms with Crippen LogP contribution in [0.25, 0.3) is 10.9 Å². The maximum atomic E-state index is 3.71. The van der Waals surface area contributed by atoms with Crippen molar-refractivity contribution < 1.29 is 0 Å². The molecule has 3 aromatic rings. The number of aromatic nitrogens is 1. The Balaban J connectivity index is 1.99. The Morgan fingerprint density at radius 3 is 2.55 bits per heavy atom. The van der Waals surface area contributed by atoms with E-state index in [1.54, 1.807) is 0 Å². The van der Waals surface area contributed by atoms with E-state index in [1.165, 1.54) is 47.0 Å². The van der Waals surface area contributed by atoms with Crippen molar-refractivity contribution in [3.8, 4) is 0 Å². The second-order valence-corrected chi connectivity index (χ2v) is 6.08. The molecule has 0 radical (unpaired) electrons. The summed E-state index contributed by atoms with van der Waals surface area (Å²) in [5.41, 5.74) is 5.77. The Morgan fingerprint density at radius 2 is 1.70 bits per heavy atom. The van der Waals surface area contributed by atoms with E-state index in [0.29, 0.717) is 0 Å². The van der Waals surface area contributed by atoms with Gasteiger partial charge in [0, 0.05) is 22.0 Å². The number of benzene rings is 2. The highest BCUT2D eigenvalue weighted by molar-refractivity contribution is 5.85. The Hall–Kier alpha value is -2.02. The number of nitrogens with one attached hydrogen (secondary N) is 1. The van der Waals surface area contributed by atoms with E-state index in [9.17, 15) is 0 Å². The first-order valence-electron chi connectivity index (χ1n) is 7.45. The topological polar surface area (TPSA) is 15.8 Å². The zero-order valence-corrected chi connectivity index (χ0v) is 11.8. The summed E-state index contributed by atoms with van der Waals surface area (Å²) in [6.45, 7) is 2.38. The minimum atomic E-state index is 0.119. The van der Waals surface area contributed by atoms with Crippen molar-refractivity contribution in [2.75, 3.05) is 0 Å². The standard InChI is InChI=1S/C19H19N/c1-19(14-8-3-2-4-9-14)13-7-11-16-15-10-5-6-12-17(15)20-18(16)19/h2-6,8-10,12,20H,7,11,13H2,1H3/t19-/m0/s1. The summed E-state index contributed by atoms with van der Waals surface area (Å²) < 4.78 is 0.